The van der Waals surface area contributed by atoms with Gasteiger partial charge in [-0.2, -0.15) is 5.10 Å². The van der Waals surface area contributed by atoms with Gasteiger partial charge in [0.2, 0.25) is 0 Å². The van der Waals surface area contributed by atoms with E-state index in [2.05, 4.69) is 5.10 Å². The highest BCUT2D eigenvalue weighted by atomic mass is 16.2. The molecule has 0 unspecified atom stereocenters. The van der Waals surface area contributed by atoms with Crippen molar-refractivity contribution in [2.24, 2.45) is 21.1 Å². The first-order chi connectivity index (χ1) is 6.54. The van der Waals surface area contributed by atoms with Crippen LogP contribution in [0.25, 0.3) is 11.0 Å². The summed E-state index contributed by atoms with van der Waals surface area (Å²) in [7, 11) is 4.77. The highest BCUT2D eigenvalue weighted by Gasteiger charge is 2.11. The third-order valence-corrected chi connectivity index (χ3v) is 2.33. The number of nitrogens with zero attached hydrogens (tertiary/aromatic N) is 4. The van der Waals surface area contributed by atoms with Crippen LogP contribution in [0.3, 0.4) is 0 Å². The van der Waals surface area contributed by atoms with Crippen LogP contribution in [0, 0.1) is 0 Å². The Morgan fingerprint density at radius 3 is 2.43 bits per heavy atom. The molecule has 0 amide bonds. The van der Waals surface area contributed by atoms with Crippen LogP contribution < -0.4 is 11.2 Å². The molecule has 2 heterocycles. The van der Waals surface area contributed by atoms with Crippen LogP contribution in [0.2, 0.25) is 0 Å². The fraction of sp³-hybridized carbons (Fsp3) is 0.375. The molecule has 6 heteroatoms. The quantitative estimate of drug-likeness (QED) is 0.538. The second-order valence-electron chi connectivity index (χ2n) is 3.21. The molecule has 0 aromatic carbocycles. The van der Waals surface area contributed by atoms with E-state index in [0.29, 0.717) is 11.0 Å². The smallest absolute Gasteiger partial charge is 0.281 e. The van der Waals surface area contributed by atoms with E-state index in [-0.39, 0.29) is 11.2 Å². The molecule has 14 heavy (non-hydrogen) atoms. The minimum atomic E-state index is -0.342. The molecule has 0 aliphatic heterocycles. The number of rotatable bonds is 0. The summed E-state index contributed by atoms with van der Waals surface area (Å²) >= 11 is 0. The van der Waals surface area contributed by atoms with Gasteiger partial charge in [0.05, 0.1) is 6.20 Å². The molecule has 0 atom stereocenters. The van der Waals surface area contributed by atoms with Crippen molar-refractivity contribution in [2.75, 3.05) is 0 Å². The Bertz CT molecular complexity index is 617. The van der Waals surface area contributed by atoms with E-state index in [1.165, 1.54) is 22.5 Å². The van der Waals surface area contributed by atoms with Crippen LogP contribution in [0.1, 0.15) is 0 Å². The van der Waals surface area contributed by atoms with Crippen molar-refractivity contribution >= 4 is 11.0 Å². The number of hydrogen-bond donors (Lipinski definition) is 0. The summed E-state index contributed by atoms with van der Waals surface area (Å²) in [6, 6.07) is 0. The lowest BCUT2D eigenvalue weighted by molar-refractivity contribution is 0.682. The summed E-state index contributed by atoms with van der Waals surface area (Å²) in [4.78, 5) is 23.1. The number of hydrogen-bond acceptors (Lipinski definition) is 3. The van der Waals surface area contributed by atoms with Crippen molar-refractivity contribution in [1.82, 2.24) is 18.9 Å². The zero-order valence-electron chi connectivity index (χ0n) is 8.18. The van der Waals surface area contributed by atoms with Crippen LogP contribution in [0.5, 0.6) is 0 Å². The molecule has 2 aromatic heterocycles. The van der Waals surface area contributed by atoms with Crippen LogP contribution in [0.15, 0.2) is 15.8 Å². The third kappa shape index (κ3) is 0.876. The highest BCUT2D eigenvalue weighted by Crippen LogP contribution is 2.03. The molecule has 0 aliphatic rings. The molecule has 0 saturated heterocycles. The predicted octanol–water partition coefficient (Wildman–Crippen LogP) is -1.03. The Morgan fingerprint density at radius 2 is 1.79 bits per heavy atom. The molecule has 0 radical (unpaired) electrons. The fourth-order valence-corrected chi connectivity index (χ4v) is 1.56. The van der Waals surface area contributed by atoms with Gasteiger partial charge in [0, 0.05) is 21.1 Å². The van der Waals surface area contributed by atoms with E-state index in [0.717, 1.165) is 4.57 Å². The van der Waals surface area contributed by atoms with Crippen molar-refractivity contribution in [3.05, 3.63) is 27.0 Å². The van der Waals surface area contributed by atoms with Gasteiger partial charge in [-0.15, -0.1) is 0 Å². The maximum absolute atomic E-state index is 11.6. The Labute approximate surface area is 79.0 Å². The van der Waals surface area contributed by atoms with Gasteiger partial charge >= 0.3 is 5.69 Å². The van der Waals surface area contributed by atoms with E-state index in [4.69, 9.17) is 0 Å². The molecule has 6 nitrogen and oxygen atoms in total. The first kappa shape index (κ1) is 8.74. The molecule has 0 spiro atoms. The number of aromatic nitrogens is 4. The molecular weight excluding hydrogens is 184 g/mol. The monoisotopic (exact) mass is 194 g/mol. The van der Waals surface area contributed by atoms with Crippen molar-refractivity contribution in [3.8, 4) is 0 Å². The maximum Gasteiger partial charge on any atom is 0.332 e. The van der Waals surface area contributed by atoms with Crippen LogP contribution >= 0.6 is 0 Å². The van der Waals surface area contributed by atoms with E-state index in [1.54, 1.807) is 14.1 Å². The lowest BCUT2D eigenvalue weighted by Gasteiger charge is -2.04. The number of aryl methyl sites for hydroxylation is 2. The Balaban J connectivity index is 3.22. The minimum Gasteiger partial charge on any atom is -0.281 e. The zero-order chi connectivity index (χ0) is 10.5. The van der Waals surface area contributed by atoms with Crippen molar-refractivity contribution in [3.63, 3.8) is 0 Å². The standard InChI is InChI=1S/C8H10N4O2/c1-10-6-5(4-9-12(6)3)7(13)11(2)8(10)14/h4H,1-3H3. The van der Waals surface area contributed by atoms with Crippen LogP contribution in [-0.2, 0) is 21.1 Å². The Morgan fingerprint density at radius 1 is 1.14 bits per heavy atom. The second kappa shape index (κ2) is 2.57. The topological polar surface area (TPSA) is 61.8 Å². The van der Waals surface area contributed by atoms with Crippen LogP contribution in [-0.4, -0.2) is 18.9 Å². The lowest BCUT2D eigenvalue weighted by Crippen LogP contribution is -2.37. The minimum absolute atomic E-state index is 0.309. The summed E-state index contributed by atoms with van der Waals surface area (Å²) in [5.41, 5.74) is -0.111. The van der Waals surface area contributed by atoms with Crippen molar-refractivity contribution in [1.29, 1.82) is 0 Å². The molecule has 0 fully saturated rings. The SMILES string of the molecule is Cn1c(=O)c2cnn(C)c2n(C)c1=O. The maximum atomic E-state index is 11.6. The molecule has 74 valence electrons. The lowest BCUT2D eigenvalue weighted by atomic mass is 10.4. The molecule has 0 saturated carbocycles. The zero-order valence-corrected chi connectivity index (χ0v) is 8.18. The predicted molar refractivity (Wildman–Crippen MR) is 51.2 cm³/mol. The summed E-state index contributed by atoms with van der Waals surface area (Å²) in [5, 5.41) is 4.40. The largest absolute Gasteiger partial charge is 0.332 e. The average Bonchev–Trinajstić information content (AvgIpc) is 2.54. The van der Waals surface area contributed by atoms with E-state index < -0.39 is 0 Å². The Hall–Kier alpha value is -1.85. The highest BCUT2D eigenvalue weighted by molar-refractivity contribution is 5.73. The fourth-order valence-electron chi connectivity index (χ4n) is 1.56. The molecular formula is C8H10N4O2. The van der Waals surface area contributed by atoms with Gasteiger partial charge in [-0.1, -0.05) is 0 Å². The normalized spacial score (nSPS) is 11.1. The van der Waals surface area contributed by atoms with E-state index in [1.807, 2.05) is 0 Å². The average molecular weight is 194 g/mol. The molecule has 0 aliphatic carbocycles. The first-order valence-corrected chi connectivity index (χ1v) is 4.11. The van der Waals surface area contributed by atoms with Gasteiger partial charge in [-0.05, 0) is 0 Å². The van der Waals surface area contributed by atoms with Gasteiger partial charge in [-0.3, -0.25) is 18.6 Å². The van der Waals surface area contributed by atoms with Gasteiger partial charge in [-0.25, -0.2) is 4.79 Å². The second-order valence-corrected chi connectivity index (χ2v) is 3.21. The summed E-state index contributed by atoms with van der Waals surface area (Å²) in [6.45, 7) is 0. The van der Waals surface area contributed by atoms with Gasteiger partial charge in [0.25, 0.3) is 5.56 Å². The van der Waals surface area contributed by atoms with E-state index in [9.17, 15) is 9.59 Å². The van der Waals surface area contributed by atoms with Crippen molar-refractivity contribution in [2.45, 2.75) is 0 Å². The van der Waals surface area contributed by atoms with Gasteiger partial charge < -0.3 is 0 Å². The van der Waals surface area contributed by atoms with E-state index >= 15 is 0 Å². The molecule has 2 aromatic rings. The summed E-state index contributed by atoms with van der Waals surface area (Å²) in [6.07, 6.45) is 1.47. The summed E-state index contributed by atoms with van der Waals surface area (Å²) < 4.78 is 3.99. The van der Waals surface area contributed by atoms with Crippen molar-refractivity contribution < 1.29 is 0 Å². The third-order valence-electron chi connectivity index (χ3n) is 2.33. The molecule has 0 N–H and O–H groups in total. The van der Waals surface area contributed by atoms with Gasteiger partial charge in [0.1, 0.15) is 11.0 Å². The Kier molecular flexibility index (Phi) is 1.60. The number of fused-ring (bicyclic) bond motifs is 1. The van der Waals surface area contributed by atoms with Gasteiger partial charge in [0.15, 0.2) is 0 Å². The molecule has 0 bridgehead atoms. The first-order valence-electron chi connectivity index (χ1n) is 4.11. The molecule has 2 rings (SSSR count). The summed E-state index contributed by atoms with van der Waals surface area (Å²) in [5.74, 6) is 0. The van der Waals surface area contributed by atoms with Crippen LogP contribution in [0.4, 0.5) is 0 Å².